The molecule has 1 aromatic rings. The molecule has 0 saturated heterocycles. The molecule has 0 fully saturated rings. The van der Waals surface area contributed by atoms with Gasteiger partial charge in [-0.15, -0.1) is 12.4 Å². The smallest absolute Gasteiger partial charge is 0.0603 e. The highest BCUT2D eigenvalue weighted by molar-refractivity contribution is 5.85. The topological polar surface area (TPSA) is 41.3 Å². The second-order valence-corrected chi connectivity index (χ2v) is 3.87. The number of nitrogens with zero attached hydrogens (tertiary/aromatic N) is 1. The maximum atomic E-state index is 5.82. The Balaban J connectivity index is 0.00000112. The Kier molecular flexibility index (Phi) is 4.24. The molecule has 0 bridgehead atoms. The van der Waals surface area contributed by atoms with E-state index in [-0.39, 0.29) is 18.4 Å². The molecular weight excluding hydrogens is 210 g/mol. The Morgan fingerprint density at radius 3 is 2.93 bits per heavy atom. The molecule has 0 aliphatic carbocycles. The van der Waals surface area contributed by atoms with E-state index < -0.39 is 0 Å². The van der Waals surface area contributed by atoms with Crippen molar-refractivity contribution in [2.75, 3.05) is 29.9 Å². The summed E-state index contributed by atoms with van der Waals surface area (Å²) < 4.78 is 0. The molecule has 0 aromatic heterocycles. The van der Waals surface area contributed by atoms with E-state index in [1.54, 1.807) is 0 Å². The van der Waals surface area contributed by atoms with Crippen LogP contribution < -0.4 is 16.0 Å². The van der Waals surface area contributed by atoms with Crippen molar-refractivity contribution in [1.29, 1.82) is 0 Å². The fourth-order valence-corrected chi connectivity index (χ4v) is 1.88. The van der Waals surface area contributed by atoms with E-state index in [0.717, 1.165) is 19.6 Å². The van der Waals surface area contributed by atoms with Crippen molar-refractivity contribution in [3.05, 3.63) is 24.3 Å². The second-order valence-electron chi connectivity index (χ2n) is 3.87. The van der Waals surface area contributed by atoms with Gasteiger partial charge in [0.2, 0.25) is 0 Å². The minimum atomic E-state index is 0. The summed E-state index contributed by atoms with van der Waals surface area (Å²) in [7, 11) is 0. The lowest BCUT2D eigenvalue weighted by Gasteiger charge is -2.33. The third-order valence-corrected chi connectivity index (χ3v) is 2.45. The Labute approximate surface area is 97.1 Å². The molecule has 1 heterocycles. The number of halogens is 1. The third kappa shape index (κ3) is 2.76. The van der Waals surface area contributed by atoms with E-state index in [0.29, 0.717) is 0 Å². The van der Waals surface area contributed by atoms with Crippen LogP contribution in [0.1, 0.15) is 6.92 Å². The number of anilines is 2. The molecule has 1 atom stereocenters. The first-order valence-electron chi connectivity index (χ1n) is 5.11. The molecule has 0 radical (unpaired) electrons. The van der Waals surface area contributed by atoms with Crippen molar-refractivity contribution in [3.8, 4) is 0 Å². The molecule has 2 rings (SSSR count). The second kappa shape index (κ2) is 5.24. The van der Waals surface area contributed by atoms with E-state index in [1.165, 1.54) is 11.4 Å². The van der Waals surface area contributed by atoms with Crippen LogP contribution >= 0.6 is 12.4 Å². The summed E-state index contributed by atoms with van der Waals surface area (Å²) in [6.07, 6.45) is 0. The van der Waals surface area contributed by atoms with Crippen LogP contribution in [0.5, 0.6) is 0 Å². The average Bonchev–Trinajstić information content (AvgIpc) is 2.18. The van der Waals surface area contributed by atoms with Gasteiger partial charge in [0, 0.05) is 25.7 Å². The lowest BCUT2D eigenvalue weighted by molar-refractivity contribution is 0.675. The normalized spacial score (nSPS) is 16.0. The number of nitrogens with one attached hydrogen (secondary N) is 1. The number of rotatable bonds is 2. The molecule has 1 unspecified atom stereocenters. The molecule has 84 valence electrons. The summed E-state index contributed by atoms with van der Waals surface area (Å²) in [5.41, 5.74) is 8.31. The molecule has 3 N–H and O–H groups in total. The van der Waals surface area contributed by atoms with Crippen molar-refractivity contribution in [3.63, 3.8) is 0 Å². The third-order valence-electron chi connectivity index (χ3n) is 2.45. The van der Waals surface area contributed by atoms with E-state index in [2.05, 4.69) is 34.5 Å². The zero-order valence-electron chi connectivity index (χ0n) is 8.94. The van der Waals surface area contributed by atoms with E-state index in [4.69, 9.17) is 5.73 Å². The average molecular weight is 228 g/mol. The van der Waals surface area contributed by atoms with Gasteiger partial charge in [-0.25, -0.2) is 0 Å². The molecule has 4 heteroatoms. The standard InChI is InChI=1S/C11H17N3.ClH/c1-9(12)8-14-7-6-13-10-4-2-3-5-11(10)14;/h2-5,9,13H,6-8,12H2,1H3;1H. The molecule has 3 nitrogen and oxygen atoms in total. The van der Waals surface area contributed by atoms with Gasteiger partial charge in [0.25, 0.3) is 0 Å². The molecule has 1 aliphatic rings. The number of fused-ring (bicyclic) bond motifs is 1. The zero-order chi connectivity index (χ0) is 9.97. The Morgan fingerprint density at radius 2 is 2.20 bits per heavy atom. The summed E-state index contributed by atoms with van der Waals surface area (Å²) in [5, 5.41) is 3.38. The van der Waals surface area contributed by atoms with Crippen molar-refractivity contribution >= 4 is 23.8 Å². The van der Waals surface area contributed by atoms with Crippen molar-refractivity contribution in [2.45, 2.75) is 13.0 Å². The largest absolute Gasteiger partial charge is 0.382 e. The molecule has 1 aromatic carbocycles. The summed E-state index contributed by atoms with van der Waals surface area (Å²) in [6.45, 7) is 5.02. The first kappa shape index (κ1) is 12.1. The summed E-state index contributed by atoms with van der Waals surface area (Å²) >= 11 is 0. The Morgan fingerprint density at radius 1 is 1.47 bits per heavy atom. The minimum absolute atomic E-state index is 0. The highest BCUT2D eigenvalue weighted by Gasteiger charge is 2.15. The SMILES string of the molecule is CC(N)CN1CCNc2ccccc21.Cl. The summed E-state index contributed by atoms with van der Waals surface area (Å²) in [5.74, 6) is 0. The van der Waals surface area contributed by atoms with Crippen LogP contribution in [0.3, 0.4) is 0 Å². The molecule has 0 saturated carbocycles. The lowest BCUT2D eigenvalue weighted by Crippen LogP contribution is -2.41. The van der Waals surface area contributed by atoms with Gasteiger partial charge in [-0.3, -0.25) is 0 Å². The predicted molar refractivity (Wildman–Crippen MR) is 68.0 cm³/mol. The molecular formula is C11H18ClN3. The van der Waals surface area contributed by atoms with Crippen molar-refractivity contribution < 1.29 is 0 Å². The van der Waals surface area contributed by atoms with Gasteiger partial charge in [-0.2, -0.15) is 0 Å². The van der Waals surface area contributed by atoms with Crippen molar-refractivity contribution in [2.24, 2.45) is 5.73 Å². The van der Waals surface area contributed by atoms with Crippen LogP contribution in [0.4, 0.5) is 11.4 Å². The fraction of sp³-hybridized carbons (Fsp3) is 0.455. The molecule has 15 heavy (non-hydrogen) atoms. The predicted octanol–water partition coefficient (Wildman–Crippen LogP) is 1.69. The van der Waals surface area contributed by atoms with E-state index in [1.807, 2.05) is 6.92 Å². The minimum Gasteiger partial charge on any atom is -0.382 e. The molecule has 1 aliphatic heterocycles. The first-order valence-corrected chi connectivity index (χ1v) is 5.11. The Bertz CT molecular complexity index is 314. The van der Waals surface area contributed by atoms with Gasteiger partial charge < -0.3 is 16.0 Å². The number of hydrogen-bond donors (Lipinski definition) is 2. The highest BCUT2D eigenvalue weighted by atomic mass is 35.5. The van der Waals surface area contributed by atoms with Gasteiger partial charge >= 0.3 is 0 Å². The van der Waals surface area contributed by atoms with Gasteiger partial charge in [0.05, 0.1) is 11.4 Å². The Hall–Kier alpha value is -0.930. The quantitative estimate of drug-likeness (QED) is 0.808. The van der Waals surface area contributed by atoms with Crippen LogP contribution in [-0.4, -0.2) is 25.7 Å². The van der Waals surface area contributed by atoms with Gasteiger partial charge in [0.1, 0.15) is 0 Å². The van der Waals surface area contributed by atoms with Gasteiger partial charge in [-0.05, 0) is 19.1 Å². The van der Waals surface area contributed by atoms with Crippen LogP contribution in [0, 0.1) is 0 Å². The van der Waals surface area contributed by atoms with Crippen LogP contribution in [-0.2, 0) is 0 Å². The lowest BCUT2D eigenvalue weighted by atomic mass is 10.2. The van der Waals surface area contributed by atoms with Crippen LogP contribution in [0.25, 0.3) is 0 Å². The van der Waals surface area contributed by atoms with Gasteiger partial charge in [-0.1, -0.05) is 12.1 Å². The number of hydrogen-bond acceptors (Lipinski definition) is 3. The maximum absolute atomic E-state index is 5.82. The molecule has 0 amide bonds. The van der Waals surface area contributed by atoms with Crippen molar-refractivity contribution in [1.82, 2.24) is 0 Å². The zero-order valence-corrected chi connectivity index (χ0v) is 9.76. The van der Waals surface area contributed by atoms with E-state index in [9.17, 15) is 0 Å². The molecule has 0 spiro atoms. The number of nitrogens with two attached hydrogens (primary N) is 1. The fourth-order valence-electron chi connectivity index (χ4n) is 1.88. The first-order chi connectivity index (χ1) is 6.77. The van der Waals surface area contributed by atoms with Crippen LogP contribution in [0.2, 0.25) is 0 Å². The monoisotopic (exact) mass is 227 g/mol. The number of benzene rings is 1. The van der Waals surface area contributed by atoms with E-state index >= 15 is 0 Å². The number of para-hydroxylation sites is 2. The summed E-state index contributed by atoms with van der Waals surface area (Å²) in [6, 6.07) is 8.61. The maximum Gasteiger partial charge on any atom is 0.0603 e. The van der Waals surface area contributed by atoms with Gasteiger partial charge in [0.15, 0.2) is 0 Å². The summed E-state index contributed by atoms with van der Waals surface area (Å²) in [4.78, 5) is 2.34. The van der Waals surface area contributed by atoms with Crippen LogP contribution in [0.15, 0.2) is 24.3 Å². The highest BCUT2D eigenvalue weighted by Crippen LogP contribution is 2.27.